The third kappa shape index (κ3) is 4.57. The molecule has 0 saturated carbocycles. The van der Waals surface area contributed by atoms with Crippen molar-refractivity contribution in [3.05, 3.63) is 48.0 Å². The summed E-state index contributed by atoms with van der Waals surface area (Å²) in [7, 11) is 0. The average molecular weight is 288 g/mol. The largest absolute Gasteiger partial charge is 0.508 e. The van der Waals surface area contributed by atoms with E-state index in [0.29, 0.717) is 31.0 Å². The third-order valence-corrected chi connectivity index (χ3v) is 2.98. The van der Waals surface area contributed by atoms with Crippen molar-refractivity contribution in [2.24, 2.45) is 0 Å². The number of aliphatic hydroxyl groups excluding tert-OH is 1. The van der Waals surface area contributed by atoms with Gasteiger partial charge in [0, 0.05) is 25.3 Å². The van der Waals surface area contributed by atoms with Crippen molar-refractivity contribution in [3.8, 4) is 11.5 Å². The van der Waals surface area contributed by atoms with Crippen LogP contribution in [0.1, 0.15) is 12.0 Å². The molecular formula is C16H20N2O3. The molecule has 2 aromatic rings. The third-order valence-electron chi connectivity index (χ3n) is 2.98. The molecular weight excluding hydrogens is 268 g/mol. The van der Waals surface area contributed by atoms with E-state index in [0.717, 1.165) is 11.3 Å². The van der Waals surface area contributed by atoms with Crippen molar-refractivity contribution < 1.29 is 14.9 Å². The van der Waals surface area contributed by atoms with Gasteiger partial charge in [-0.05, 0) is 35.9 Å². The number of nitrogen functional groups attached to an aromatic ring is 1. The summed E-state index contributed by atoms with van der Waals surface area (Å²) in [6, 6.07) is 12.4. The minimum absolute atomic E-state index is 0.102. The summed E-state index contributed by atoms with van der Waals surface area (Å²) in [6.45, 7) is 1.15. The van der Waals surface area contributed by atoms with Crippen LogP contribution in [0.15, 0.2) is 42.5 Å². The molecule has 21 heavy (non-hydrogen) atoms. The predicted molar refractivity (Wildman–Crippen MR) is 83.5 cm³/mol. The van der Waals surface area contributed by atoms with Crippen LogP contribution in [0, 0.1) is 0 Å². The zero-order valence-corrected chi connectivity index (χ0v) is 11.7. The Morgan fingerprint density at radius 2 is 1.86 bits per heavy atom. The fourth-order valence-electron chi connectivity index (χ4n) is 1.87. The minimum Gasteiger partial charge on any atom is -0.508 e. The molecule has 0 fully saturated rings. The van der Waals surface area contributed by atoms with Gasteiger partial charge < -0.3 is 26.0 Å². The van der Waals surface area contributed by atoms with Gasteiger partial charge in [-0.1, -0.05) is 12.1 Å². The van der Waals surface area contributed by atoms with Gasteiger partial charge in [-0.2, -0.15) is 0 Å². The smallest absolute Gasteiger partial charge is 0.142 e. The summed E-state index contributed by atoms with van der Waals surface area (Å²) < 4.78 is 5.62. The molecule has 5 heteroatoms. The van der Waals surface area contributed by atoms with Crippen LogP contribution in [0.25, 0.3) is 0 Å². The highest BCUT2D eigenvalue weighted by Gasteiger charge is 2.04. The van der Waals surface area contributed by atoms with Gasteiger partial charge in [0.15, 0.2) is 0 Å². The number of nitrogens with one attached hydrogen (secondary N) is 1. The number of nitrogens with two attached hydrogens (primary N) is 1. The first-order valence-electron chi connectivity index (χ1n) is 6.84. The van der Waals surface area contributed by atoms with E-state index in [4.69, 9.17) is 15.6 Å². The van der Waals surface area contributed by atoms with Crippen LogP contribution in [0.3, 0.4) is 0 Å². The number of phenolic OH excluding ortho intramolecular Hbond substituents is 1. The predicted octanol–water partition coefficient (Wildman–Crippen LogP) is 2.35. The number of benzene rings is 2. The zero-order valence-electron chi connectivity index (χ0n) is 11.7. The number of ether oxygens (including phenoxy) is 1. The number of phenols is 1. The van der Waals surface area contributed by atoms with Gasteiger partial charge in [0.05, 0.1) is 12.3 Å². The lowest BCUT2D eigenvalue weighted by atomic mass is 10.2. The molecule has 0 aromatic heterocycles. The molecule has 0 aliphatic carbocycles. The standard InChI is InChI=1S/C16H20N2O3/c17-13-4-7-16(21-9-1-8-19)15(10-13)18-11-12-2-5-14(20)6-3-12/h2-7,10,18-20H,1,8-9,11,17H2. The fourth-order valence-corrected chi connectivity index (χ4v) is 1.87. The second-order valence-electron chi connectivity index (χ2n) is 4.70. The van der Waals surface area contributed by atoms with Gasteiger partial charge in [-0.15, -0.1) is 0 Å². The summed E-state index contributed by atoms with van der Waals surface area (Å²) in [6.07, 6.45) is 0.585. The molecule has 2 aromatic carbocycles. The number of anilines is 2. The van der Waals surface area contributed by atoms with Crippen LogP contribution in [0.4, 0.5) is 11.4 Å². The molecule has 0 unspecified atom stereocenters. The molecule has 0 bridgehead atoms. The number of aliphatic hydroxyl groups is 1. The second-order valence-corrected chi connectivity index (χ2v) is 4.70. The quantitative estimate of drug-likeness (QED) is 0.464. The molecule has 0 heterocycles. The highest BCUT2D eigenvalue weighted by molar-refractivity contribution is 5.63. The monoisotopic (exact) mass is 288 g/mol. The van der Waals surface area contributed by atoms with E-state index in [1.807, 2.05) is 24.3 Å². The Balaban J connectivity index is 2.03. The molecule has 0 spiro atoms. The molecule has 0 radical (unpaired) electrons. The first-order chi connectivity index (χ1) is 10.2. The molecule has 0 aliphatic rings. The topological polar surface area (TPSA) is 87.7 Å². The van der Waals surface area contributed by atoms with Gasteiger partial charge >= 0.3 is 0 Å². The summed E-state index contributed by atoms with van der Waals surface area (Å²) in [5, 5.41) is 21.3. The van der Waals surface area contributed by atoms with E-state index in [9.17, 15) is 5.11 Å². The first-order valence-corrected chi connectivity index (χ1v) is 6.84. The Morgan fingerprint density at radius 1 is 1.10 bits per heavy atom. The van der Waals surface area contributed by atoms with Gasteiger partial charge in [0.25, 0.3) is 0 Å². The molecule has 2 rings (SSSR count). The van der Waals surface area contributed by atoms with Gasteiger partial charge in [-0.25, -0.2) is 0 Å². The van der Waals surface area contributed by atoms with Crippen molar-refractivity contribution in [3.63, 3.8) is 0 Å². The summed E-state index contributed by atoms with van der Waals surface area (Å²) in [5.74, 6) is 0.951. The first kappa shape index (κ1) is 15.0. The fraction of sp³-hybridized carbons (Fsp3) is 0.250. The molecule has 5 N–H and O–H groups in total. The van der Waals surface area contributed by atoms with Crippen molar-refractivity contribution in [2.45, 2.75) is 13.0 Å². The van der Waals surface area contributed by atoms with E-state index in [2.05, 4.69) is 5.32 Å². The van der Waals surface area contributed by atoms with E-state index in [1.54, 1.807) is 18.2 Å². The molecule has 112 valence electrons. The zero-order chi connectivity index (χ0) is 15.1. The number of aromatic hydroxyl groups is 1. The van der Waals surface area contributed by atoms with Crippen molar-refractivity contribution in [1.82, 2.24) is 0 Å². The van der Waals surface area contributed by atoms with Crippen LogP contribution in [-0.2, 0) is 6.54 Å². The Kier molecular flexibility index (Phi) is 5.29. The Labute approximate surface area is 124 Å². The Hall–Kier alpha value is -2.40. The maximum absolute atomic E-state index is 9.27. The lowest BCUT2D eigenvalue weighted by Crippen LogP contribution is -2.05. The molecule has 0 amide bonds. The van der Waals surface area contributed by atoms with Gasteiger partial charge in [0.2, 0.25) is 0 Å². The van der Waals surface area contributed by atoms with Crippen LogP contribution in [0.2, 0.25) is 0 Å². The van der Waals surface area contributed by atoms with Gasteiger partial charge in [0.1, 0.15) is 11.5 Å². The second kappa shape index (κ2) is 7.40. The molecule has 0 saturated heterocycles. The molecule has 0 aliphatic heterocycles. The SMILES string of the molecule is Nc1ccc(OCCCO)c(NCc2ccc(O)cc2)c1. The Morgan fingerprint density at radius 3 is 2.57 bits per heavy atom. The summed E-state index contributed by atoms with van der Waals surface area (Å²) >= 11 is 0. The van der Waals surface area contributed by atoms with Crippen LogP contribution >= 0.6 is 0 Å². The van der Waals surface area contributed by atoms with E-state index >= 15 is 0 Å². The van der Waals surface area contributed by atoms with Crippen LogP contribution < -0.4 is 15.8 Å². The van der Waals surface area contributed by atoms with E-state index in [1.165, 1.54) is 0 Å². The average Bonchev–Trinajstić information content (AvgIpc) is 2.49. The lowest BCUT2D eigenvalue weighted by Gasteiger charge is -2.14. The number of hydrogen-bond donors (Lipinski definition) is 4. The van der Waals surface area contributed by atoms with Crippen LogP contribution in [-0.4, -0.2) is 23.4 Å². The maximum atomic E-state index is 9.27. The van der Waals surface area contributed by atoms with E-state index < -0.39 is 0 Å². The molecule has 0 atom stereocenters. The highest BCUT2D eigenvalue weighted by Crippen LogP contribution is 2.27. The van der Waals surface area contributed by atoms with Crippen molar-refractivity contribution >= 4 is 11.4 Å². The Bertz CT molecular complexity index is 570. The molecule has 5 nitrogen and oxygen atoms in total. The van der Waals surface area contributed by atoms with Gasteiger partial charge in [-0.3, -0.25) is 0 Å². The van der Waals surface area contributed by atoms with Crippen LogP contribution in [0.5, 0.6) is 11.5 Å². The summed E-state index contributed by atoms with van der Waals surface area (Å²) in [5.41, 5.74) is 8.30. The lowest BCUT2D eigenvalue weighted by molar-refractivity contribution is 0.234. The van der Waals surface area contributed by atoms with E-state index in [-0.39, 0.29) is 12.4 Å². The van der Waals surface area contributed by atoms with Crippen molar-refractivity contribution in [1.29, 1.82) is 0 Å². The number of rotatable bonds is 7. The summed E-state index contributed by atoms with van der Waals surface area (Å²) in [4.78, 5) is 0. The normalized spacial score (nSPS) is 10.3. The number of hydrogen-bond acceptors (Lipinski definition) is 5. The minimum atomic E-state index is 0.102. The maximum Gasteiger partial charge on any atom is 0.142 e. The highest BCUT2D eigenvalue weighted by atomic mass is 16.5. The van der Waals surface area contributed by atoms with Crippen molar-refractivity contribution in [2.75, 3.05) is 24.3 Å².